The van der Waals surface area contributed by atoms with Crippen molar-refractivity contribution in [1.82, 2.24) is 0 Å². The van der Waals surface area contributed by atoms with E-state index in [-0.39, 0.29) is 0 Å². The lowest BCUT2D eigenvalue weighted by atomic mass is 10.3. The van der Waals surface area contributed by atoms with Crippen molar-refractivity contribution in [2.24, 2.45) is 0 Å². The highest BCUT2D eigenvalue weighted by molar-refractivity contribution is 4.73. The Balaban J connectivity index is 0. The molecule has 0 aromatic carbocycles. The first kappa shape index (κ1) is 13.1. The summed E-state index contributed by atoms with van der Waals surface area (Å²) >= 11 is 0. The summed E-state index contributed by atoms with van der Waals surface area (Å²) in [6, 6.07) is 0. The number of hydrogen-bond acceptors (Lipinski definition) is 0. The third-order valence-corrected chi connectivity index (χ3v) is 1.23. The zero-order valence-electron chi connectivity index (χ0n) is 8.27. The molecular formula is C11H22. The van der Waals surface area contributed by atoms with Crippen LogP contribution in [-0.2, 0) is 0 Å². The van der Waals surface area contributed by atoms with Crippen LogP contribution < -0.4 is 0 Å². The molecule has 0 aliphatic heterocycles. The normalized spacial score (nSPS) is 9.00. The maximum atomic E-state index is 3.60. The number of unbranched alkanes of at least 4 members (excludes halogenated alkanes) is 2. The van der Waals surface area contributed by atoms with Gasteiger partial charge in [-0.2, -0.15) is 0 Å². The van der Waals surface area contributed by atoms with Gasteiger partial charge >= 0.3 is 0 Å². The quantitative estimate of drug-likeness (QED) is 0.417. The highest BCUT2D eigenvalue weighted by Gasteiger charge is 1.71. The lowest BCUT2D eigenvalue weighted by Crippen LogP contribution is -1.61. The Bertz CT molecular complexity index is 80.0. The minimum atomic E-state index is 1.16. The van der Waals surface area contributed by atoms with Gasteiger partial charge in [-0.25, -0.2) is 0 Å². The van der Waals surface area contributed by atoms with Crippen LogP contribution in [0.2, 0.25) is 0 Å². The molecule has 0 aromatic heterocycles. The van der Waals surface area contributed by atoms with Crippen molar-refractivity contribution >= 4 is 0 Å². The number of hydrogen-bond donors (Lipinski definition) is 0. The average molecular weight is 154 g/mol. The van der Waals surface area contributed by atoms with Crippen LogP contribution in [-0.4, -0.2) is 0 Å². The van der Waals surface area contributed by atoms with Crippen LogP contribution in [0.15, 0.2) is 24.8 Å². The summed E-state index contributed by atoms with van der Waals surface area (Å²) in [5, 5.41) is 0. The third-order valence-electron chi connectivity index (χ3n) is 1.23. The van der Waals surface area contributed by atoms with Crippen LogP contribution in [0.4, 0.5) is 0 Å². The van der Waals surface area contributed by atoms with Crippen molar-refractivity contribution in [3.63, 3.8) is 0 Å². The summed E-state index contributed by atoms with van der Waals surface area (Å²) in [6.07, 6.45) is 11.1. The van der Waals surface area contributed by atoms with E-state index in [2.05, 4.69) is 32.6 Å². The van der Waals surface area contributed by atoms with E-state index >= 15 is 0 Å². The van der Waals surface area contributed by atoms with Crippen LogP contribution in [0.25, 0.3) is 0 Å². The van der Waals surface area contributed by atoms with Gasteiger partial charge in [-0.1, -0.05) is 44.9 Å². The van der Waals surface area contributed by atoms with Gasteiger partial charge in [-0.15, -0.1) is 6.58 Å². The molecule has 0 nitrogen and oxygen atoms in total. The van der Waals surface area contributed by atoms with E-state index in [1.165, 1.54) is 19.3 Å². The van der Waals surface area contributed by atoms with Crippen molar-refractivity contribution < 1.29 is 0 Å². The SMILES string of the molecule is C=CCCCC.CC=CCC. The molecule has 0 atom stereocenters. The fourth-order valence-corrected chi connectivity index (χ4v) is 0.584. The van der Waals surface area contributed by atoms with E-state index in [0.717, 1.165) is 6.42 Å². The number of allylic oxidation sites excluding steroid dienone is 3. The molecule has 0 rings (SSSR count). The molecule has 0 fully saturated rings. The summed E-state index contributed by atoms with van der Waals surface area (Å²) in [6.45, 7) is 9.94. The highest BCUT2D eigenvalue weighted by atomic mass is 13.8. The van der Waals surface area contributed by atoms with Gasteiger partial charge in [-0.05, 0) is 19.8 Å². The van der Waals surface area contributed by atoms with Crippen molar-refractivity contribution in [1.29, 1.82) is 0 Å². The minimum Gasteiger partial charge on any atom is -0.103 e. The molecule has 0 spiro atoms. The van der Waals surface area contributed by atoms with Crippen molar-refractivity contribution in [3.8, 4) is 0 Å². The standard InChI is InChI=1S/C6H12.C5H10/c1-3-5-6-4-2;1-3-5-4-2/h3H,1,4-6H2,2H3;3,5H,4H2,1-2H3. The molecule has 0 heteroatoms. The predicted octanol–water partition coefficient (Wildman–Crippen LogP) is 4.34. The predicted molar refractivity (Wildman–Crippen MR) is 54.8 cm³/mol. The van der Waals surface area contributed by atoms with Crippen molar-refractivity contribution in [2.45, 2.75) is 46.5 Å². The fourth-order valence-electron chi connectivity index (χ4n) is 0.584. The lowest BCUT2D eigenvalue weighted by molar-refractivity contribution is 0.816. The van der Waals surface area contributed by atoms with Gasteiger partial charge in [-0.3, -0.25) is 0 Å². The van der Waals surface area contributed by atoms with Gasteiger partial charge in [0.15, 0.2) is 0 Å². The summed E-state index contributed by atoms with van der Waals surface area (Å²) in [5.41, 5.74) is 0. The first-order valence-corrected chi connectivity index (χ1v) is 4.55. The molecule has 0 heterocycles. The lowest BCUT2D eigenvalue weighted by Gasteiger charge is -1.81. The molecule has 11 heavy (non-hydrogen) atoms. The van der Waals surface area contributed by atoms with Gasteiger partial charge in [0.1, 0.15) is 0 Å². The van der Waals surface area contributed by atoms with E-state index in [0.29, 0.717) is 0 Å². The summed E-state index contributed by atoms with van der Waals surface area (Å²) in [5.74, 6) is 0. The highest BCUT2D eigenvalue weighted by Crippen LogP contribution is 1.91. The molecule has 0 aliphatic carbocycles. The first-order valence-electron chi connectivity index (χ1n) is 4.55. The largest absolute Gasteiger partial charge is 0.103 e. The topological polar surface area (TPSA) is 0 Å². The molecule has 0 saturated carbocycles. The van der Waals surface area contributed by atoms with Gasteiger partial charge in [0.2, 0.25) is 0 Å². The Kier molecular flexibility index (Phi) is 19.3. The van der Waals surface area contributed by atoms with Crippen LogP contribution in [0, 0.1) is 0 Å². The van der Waals surface area contributed by atoms with Crippen LogP contribution in [0.1, 0.15) is 46.5 Å². The van der Waals surface area contributed by atoms with Gasteiger partial charge < -0.3 is 0 Å². The van der Waals surface area contributed by atoms with Gasteiger partial charge in [0, 0.05) is 0 Å². The zero-order valence-corrected chi connectivity index (χ0v) is 8.27. The first-order chi connectivity index (χ1) is 5.33. The van der Waals surface area contributed by atoms with Crippen molar-refractivity contribution in [2.75, 3.05) is 0 Å². The second-order valence-electron chi connectivity index (χ2n) is 2.41. The zero-order chi connectivity index (χ0) is 8.95. The summed E-state index contributed by atoms with van der Waals surface area (Å²) in [7, 11) is 0. The molecular weight excluding hydrogens is 132 g/mol. The van der Waals surface area contributed by atoms with E-state index in [1.54, 1.807) is 0 Å². The van der Waals surface area contributed by atoms with Gasteiger partial charge in [0.25, 0.3) is 0 Å². The van der Waals surface area contributed by atoms with Crippen molar-refractivity contribution in [3.05, 3.63) is 24.8 Å². The molecule has 0 aliphatic rings. The minimum absolute atomic E-state index is 1.16. The smallest absolute Gasteiger partial charge is 0.0354 e. The molecule has 0 aromatic rings. The molecule has 0 N–H and O–H groups in total. The van der Waals surface area contributed by atoms with E-state index in [4.69, 9.17) is 0 Å². The van der Waals surface area contributed by atoms with Crippen LogP contribution in [0.5, 0.6) is 0 Å². The molecule has 0 bridgehead atoms. The Morgan fingerprint density at radius 2 is 1.91 bits per heavy atom. The Morgan fingerprint density at radius 1 is 1.27 bits per heavy atom. The van der Waals surface area contributed by atoms with Crippen LogP contribution in [0.3, 0.4) is 0 Å². The second kappa shape index (κ2) is 16.2. The van der Waals surface area contributed by atoms with E-state index in [1.807, 2.05) is 13.0 Å². The molecule has 0 amide bonds. The van der Waals surface area contributed by atoms with Gasteiger partial charge in [0.05, 0.1) is 0 Å². The third kappa shape index (κ3) is 26.4. The second-order valence-corrected chi connectivity index (χ2v) is 2.41. The van der Waals surface area contributed by atoms with Crippen LogP contribution >= 0.6 is 0 Å². The maximum Gasteiger partial charge on any atom is -0.0354 e. The molecule has 0 radical (unpaired) electrons. The number of rotatable bonds is 4. The molecule has 0 unspecified atom stereocenters. The Labute approximate surface area is 72.0 Å². The summed E-state index contributed by atoms with van der Waals surface area (Å²) < 4.78 is 0. The molecule has 0 saturated heterocycles. The molecule has 66 valence electrons. The van der Waals surface area contributed by atoms with E-state index < -0.39 is 0 Å². The monoisotopic (exact) mass is 154 g/mol. The Morgan fingerprint density at radius 3 is 2.00 bits per heavy atom. The maximum absolute atomic E-state index is 3.60. The fraction of sp³-hybridized carbons (Fsp3) is 0.636. The summed E-state index contributed by atoms with van der Waals surface area (Å²) in [4.78, 5) is 0. The Hall–Kier alpha value is -0.520. The average Bonchev–Trinajstić information content (AvgIpc) is 2.04. The van der Waals surface area contributed by atoms with E-state index in [9.17, 15) is 0 Å².